The van der Waals surface area contributed by atoms with Crippen LogP contribution in [0.25, 0.3) is 0 Å². The Morgan fingerprint density at radius 1 is 1.35 bits per heavy atom. The van der Waals surface area contributed by atoms with Gasteiger partial charge in [-0.3, -0.25) is 0 Å². The molecule has 1 N–H and O–H groups in total. The van der Waals surface area contributed by atoms with E-state index in [9.17, 15) is 4.79 Å². The standard InChI is InChI=1S/C19H20N4O3/c1-25-16-5-2-6-17(10-16)26-18-8-7-15(12-21-18)22-19(24)23-9-3-4-14(11-20)13-23/h2,5-8,10,12,14H,3-4,9,13H2,1H3,(H,22,24)/t14-/m0/s1. The number of aromatic nitrogens is 1. The summed E-state index contributed by atoms with van der Waals surface area (Å²) in [5.41, 5.74) is 0.576. The molecule has 134 valence electrons. The molecule has 0 bridgehead atoms. The van der Waals surface area contributed by atoms with Crippen LogP contribution >= 0.6 is 0 Å². The molecule has 1 aromatic carbocycles. The first-order valence-electron chi connectivity index (χ1n) is 8.41. The Bertz CT molecular complexity index is 801. The summed E-state index contributed by atoms with van der Waals surface area (Å²) in [4.78, 5) is 18.2. The molecule has 2 heterocycles. The number of pyridine rings is 1. The van der Waals surface area contributed by atoms with Gasteiger partial charge in [0.15, 0.2) is 0 Å². The summed E-state index contributed by atoms with van der Waals surface area (Å²) in [5, 5.41) is 11.8. The number of nitriles is 1. The third-order valence-corrected chi connectivity index (χ3v) is 4.14. The monoisotopic (exact) mass is 352 g/mol. The molecule has 0 spiro atoms. The van der Waals surface area contributed by atoms with Crippen LogP contribution in [0, 0.1) is 17.2 Å². The van der Waals surface area contributed by atoms with Gasteiger partial charge in [-0.25, -0.2) is 9.78 Å². The van der Waals surface area contributed by atoms with Crippen molar-refractivity contribution in [3.63, 3.8) is 0 Å². The molecule has 2 aromatic rings. The van der Waals surface area contributed by atoms with Crippen molar-refractivity contribution in [2.24, 2.45) is 5.92 Å². The number of rotatable bonds is 4. The second-order valence-electron chi connectivity index (χ2n) is 6.01. The Hall–Kier alpha value is -3.27. The maximum Gasteiger partial charge on any atom is 0.321 e. The molecule has 0 radical (unpaired) electrons. The Morgan fingerprint density at radius 2 is 2.19 bits per heavy atom. The minimum atomic E-state index is -0.215. The smallest absolute Gasteiger partial charge is 0.321 e. The van der Waals surface area contributed by atoms with Crippen LogP contribution in [0.3, 0.4) is 0 Å². The van der Waals surface area contributed by atoms with E-state index >= 15 is 0 Å². The van der Waals surface area contributed by atoms with Crippen LogP contribution in [0.2, 0.25) is 0 Å². The van der Waals surface area contributed by atoms with E-state index in [4.69, 9.17) is 14.7 Å². The number of anilines is 1. The van der Waals surface area contributed by atoms with Gasteiger partial charge in [-0.1, -0.05) is 6.07 Å². The molecule has 2 amide bonds. The van der Waals surface area contributed by atoms with Crippen molar-refractivity contribution in [1.82, 2.24) is 9.88 Å². The minimum absolute atomic E-state index is 0.0914. The van der Waals surface area contributed by atoms with Crippen molar-refractivity contribution >= 4 is 11.7 Å². The molecule has 3 rings (SSSR count). The summed E-state index contributed by atoms with van der Waals surface area (Å²) in [7, 11) is 1.59. The maximum absolute atomic E-state index is 12.3. The lowest BCUT2D eigenvalue weighted by atomic mass is 10.0. The van der Waals surface area contributed by atoms with Crippen molar-refractivity contribution in [2.45, 2.75) is 12.8 Å². The molecule has 0 unspecified atom stereocenters. The summed E-state index contributed by atoms with van der Waals surface area (Å²) in [6.07, 6.45) is 3.23. The number of urea groups is 1. The molecule has 1 aliphatic heterocycles. The Balaban J connectivity index is 1.59. The number of likely N-dealkylation sites (tertiary alicyclic amines) is 1. The average molecular weight is 352 g/mol. The molecule has 0 aliphatic carbocycles. The summed E-state index contributed by atoms with van der Waals surface area (Å²) >= 11 is 0. The topological polar surface area (TPSA) is 87.5 Å². The predicted molar refractivity (Wildman–Crippen MR) is 96.2 cm³/mol. The molecule has 1 aliphatic rings. The van der Waals surface area contributed by atoms with E-state index in [1.165, 1.54) is 0 Å². The number of hydrogen-bond donors (Lipinski definition) is 1. The van der Waals surface area contributed by atoms with Gasteiger partial charge in [0, 0.05) is 25.2 Å². The van der Waals surface area contributed by atoms with Crippen molar-refractivity contribution in [1.29, 1.82) is 5.26 Å². The highest BCUT2D eigenvalue weighted by molar-refractivity contribution is 5.89. The molecular weight excluding hydrogens is 332 g/mol. The third kappa shape index (κ3) is 4.42. The highest BCUT2D eigenvalue weighted by atomic mass is 16.5. The van der Waals surface area contributed by atoms with E-state index in [1.54, 1.807) is 36.4 Å². The second kappa shape index (κ2) is 8.21. The lowest BCUT2D eigenvalue weighted by Crippen LogP contribution is -2.42. The Kier molecular flexibility index (Phi) is 5.54. The van der Waals surface area contributed by atoms with Crippen molar-refractivity contribution in [3.8, 4) is 23.4 Å². The zero-order valence-corrected chi connectivity index (χ0v) is 14.5. The Labute approximate surface area is 152 Å². The van der Waals surface area contributed by atoms with E-state index in [2.05, 4.69) is 16.4 Å². The number of amides is 2. The molecule has 1 saturated heterocycles. The first-order valence-corrected chi connectivity index (χ1v) is 8.41. The Morgan fingerprint density at radius 3 is 2.92 bits per heavy atom. The van der Waals surface area contributed by atoms with E-state index in [1.807, 2.05) is 18.2 Å². The van der Waals surface area contributed by atoms with Crippen LogP contribution in [0.5, 0.6) is 17.4 Å². The van der Waals surface area contributed by atoms with Crippen LogP contribution in [-0.4, -0.2) is 36.1 Å². The average Bonchev–Trinajstić information content (AvgIpc) is 2.69. The third-order valence-electron chi connectivity index (χ3n) is 4.14. The number of nitrogens with one attached hydrogen (secondary N) is 1. The lowest BCUT2D eigenvalue weighted by molar-refractivity contribution is 0.189. The summed E-state index contributed by atoms with van der Waals surface area (Å²) < 4.78 is 10.8. The van der Waals surface area contributed by atoms with Gasteiger partial charge in [-0.2, -0.15) is 5.26 Å². The van der Waals surface area contributed by atoms with Crippen molar-refractivity contribution < 1.29 is 14.3 Å². The highest BCUT2D eigenvalue weighted by Crippen LogP contribution is 2.24. The number of benzene rings is 1. The van der Waals surface area contributed by atoms with Gasteiger partial charge >= 0.3 is 6.03 Å². The number of ether oxygens (including phenoxy) is 2. The van der Waals surface area contributed by atoms with Gasteiger partial charge in [0.05, 0.1) is 31.0 Å². The van der Waals surface area contributed by atoms with Crippen molar-refractivity contribution in [2.75, 3.05) is 25.5 Å². The van der Waals surface area contributed by atoms with E-state index < -0.39 is 0 Å². The second-order valence-corrected chi connectivity index (χ2v) is 6.01. The quantitative estimate of drug-likeness (QED) is 0.907. The molecule has 26 heavy (non-hydrogen) atoms. The largest absolute Gasteiger partial charge is 0.497 e. The summed E-state index contributed by atoms with van der Waals surface area (Å²) in [5.74, 6) is 1.64. The number of carbonyl (C=O) groups is 1. The SMILES string of the molecule is COc1cccc(Oc2ccc(NC(=O)N3CCC[C@@H](C#N)C3)cn2)c1. The first-order chi connectivity index (χ1) is 12.7. The molecule has 7 nitrogen and oxygen atoms in total. The molecule has 0 saturated carbocycles. The molecule has 1 atom stereocenters. The van der Waals surface area contributed by atoms with E-state index in [0.29, 0.717) is 36.2 Å². The fraction of sp³-hybridized carbons (Fsp3) is 0.316. The number of piperidine rings is 1. The summed E-state index contributed by atoms with van der Waals surface area (Å²) in [6.45, 7) is 1.13. The highest BCUT2D eigenvalue weighted by Gasteiger charge is 2.23. The van der Waals surface area contributed by atoms with Gasteiger partial charge in [0.2, 0.25) is 5.88 Å². The zero-order chi connectivity index (χ0) is 18.4. The molecule has 1 fully saturated rings. The van der Waals surface area contributed by atoms with Crippen LogP contribution in [0.4, 0.5) is 10.5 Å². The van der Waals surface area contributed by atoms with Crippen LogP contribution < -0.4 is 14.8 Å². The van der Waals surface area contributed by atoms with E-state index in [-0.39, 0.29) is 11.9 Å². The number of hydrogen-bond acceptors (Lipinski definition) is 5. The van der Waals surface area contributed by atoms with E-state index in [0.717, 1.165) is 12.8 Å². The van der Waals surface area contributed by atoms with Gasteiger partial charge in [-0.05, 0) is 31.0 Å². The van der Waals surface area contributed by atoms with Crippen LogP contribution in [-0.2, 0) is 0 Å². The van der Waals surface area contributed by atoms with Gasteiger partial charge in [0.1, 0.15) is 11.5 Å². The fourth-order valence-electron chi connectivity index (χ4n) is 2.77. The van der Waals surface area contributed by atoms with Gasteiger partial charge < -0.3 is 19.7 Å². The lowest BCUT2D eigenvalue weighted by Gasteiger charge is -2.29. The first kappa shape index (κ1) is 17.5. The number of methoxy groups -OCH3 is 1. The number of nitrogens with zero attached hydrogens (tertiary/aromatic N) is 3. The molecule has 7 heteroatoms. The fourth-order valence-corrected chi connectivity index (χ4v) is 2.77. The maximum atomic E-state index is 12.3. The normalized spacial score (nSPS) is 16.5. The predicted octanol–water partition coefficient (Wildman–Crippen LogP) is 3.65. The zero-order valence-electron chi connectivity index (χ0n) is 14.5. The van der Waals surface area contributed by atoms with Crippen molar-refractivity contribution in [3.05, 3.63) is 42.6 Å². The number of carbonyl (C=O) groups excluding carboxylic acids is 1. The molecular formula is C19H20N4O3. The van der Waals surface area contributed by atoms with Crippen LogP contribution in [0.15, 0.2) is 42.6 Å². The summed E-state index contributed by atoms with van der Waals surface area (Å²) in [6, 6.07) is 12.7. The van der Waals surface area contributed by atoms with Gasteiger partial charge in [0.25, 0.3) is 0 Å². The van der Waals surface area contributed by atoms with Gasteiger partial charge in [-0.15, -0.1) is 0 Å². The minimum Gasteiger partial charge on any atom is -0.497 e. The molecule has 1 aromatic heterocycles. The van der Waals surface area contributed by atoms with Crippen LogP contribution in [0.1, 0.15) is 12.8 Å².